The van der Waals surface area contributed by atoms with E-state index in [0.717, 1.165) is 64.2 Å². The minimum atomic E-state index is -4.35. The van der Waals surface area contributed by atoms with Gasteiger partial charge in [0.1, 0.15) is 13.2 Å². The predicted octanol–water partition coefficient (Wildman–Crippen LogP) is 17.0. The number of nitrogens with zero attached hydrogens (tertiary/aromatic N) is 1. The van der Waals surface area contributed by atoms with Crippen LogP contribution >= 0.6 is 7.82 Å². The zero-order valence-electron chi connectivity index (χ0n) is 44.4. The SMILES string of the molecule is CCCCCC/C=C\C/C=C\CCCCCCCC(=O)NC(COP(=O)(O)OCC[N+](C)(C)C)C(O)/C=C/CCCCCCCCCCCCCCCCCCCCCCCCCCCC. The van der Waals surface area contributed by atoms with Crippen molar-refractivity contribution < 1.29 is 32.9 Å². The van der Waals surface area contributed by atoms with E-state index in [4.69, 9.17) is 9.05 Å². The highest BCUT2D eigenvalue weighted by molar-refractivity contribution is 7.47. The quantitative estimate of drug-likeness (QED) is 0.0243. The molecule has 0 bridgehead atoms. The third kappa shape index (κ3) is 50.6. The van der Waals surface area contributed by atoms with Gasteiger partial charge in [0.05, 0.1) is 39.9 Å². The van der Waals surface area contributed by atoms with Crippen molar-refractivity contribution in [2.75, 3.05) is 40.9 Å². The number of aliphatic hydroxyl groups excluding tert-OH is 1. The molecular weight excluding hydrogens is 840 g/mol. The number of aliphatic hydroxyl groups is 1. The molecule has 0 saturated carbocycles. The standard InChI is InChI=1S/C57H111N2O6P/c1-6-8-10-12-14-16-18-20-22-24-25-26-27-28-29-30-31-32-33-34-35-36-38-40-42-44-46-48-50-56(60)55(54-65-66(62,63)64-53-52-59(3,4)5)58-57(61)51-49-47-45-43-41-39-37-23-21-19-17-15-13-11-9-7-2/h17,19,23,37,48,50,55-56,60H,6-16,18,20-22,24-36,38-47,49,51-54H2,1-5H3,(H-,58,61,62,63)/p+1/b19-17-,37-23-,50-48+. The Labute approximate surface area is 410 Å². The largest absolute Gasteiger partial charge is 0.472 e. The van der Waals surface area contributed by atoms with E-state index in [2.05, 4.69) is 43.5 Å². The van der Waals surface area contributed by atoms with Gasteiger partial charge in [0, 0.05) is 6.42 Å². The van der Waals surface area contributed by atoms with Crippen molar-refractivity contribution in [1.29, 1.82) is 0 Å². The third-order valence-electron chi connectivity index (χ3n) is 12.9. The zero-order valence-corrected chi connectivity index (χ0v) is 45.3. The zero-order chi connectivity index (χ0) is 48.5. The van der Waals surface area contributed by atoms with E-state index in [1.807, 2.05) is 27.2 Å². The highest BCUT2D eigenvalue weighted by atomic mass is 31.2. The summed E-state index contributed by atoms with van der Waals surface area (Å²) >= 11 is 0. The average Bonchev–Trinajstić information content (AvgIpc) is 3.28. The molecule has 0 rings (SSSR count). The second-order valence-electron chi connectivity index (χ2n) is 20.7. The normalized spacial score (nSPS) is 14.2. The summed E-state index contributed by atoms with van der Waals surface area (Å²) in [5.41, 5.74) is 0. The summed E-state index contributed by atoms with van der Waals surface area (Å²) < 4.78 is 23.7. The van der Waals surface area contributed by atoms with Gasteiger partial charge < -0.3 is 19.8 Å². The minimum Gasteiger partial charge on any atom is -0.387 e. The Morgan fingerprint density at radius 3 is 1.26 bits per heavy atom. The molecule has 0 aliphatic rings. The van der Waals surface area contributed by atoms with Crippen LogP contribution in [0.5, 0.6) is 0 Å². The molecule has 66 heavy (non-hydrogen) atoms. The summed E-state index contributed by atoms with van der Waals surface area (Å²) in [7, 11) is 1.57. The number of carbonyl (C=O) groups is 1. The van der Waals surface area contributed by atoms with Crippen LogP contribution in [0.15, 0.2) is 36.5 Å². The lowest BCUT2D eigenvalue weighted by Gasteiger charge is -2.25. The summed E-state index contributed by atoms with van der Waals surface area (Å²) in [4.78, 5) is 23.2. The number of unbranched alkanes of at least 4 members (excludes halogenated alkanes) is 35. The molecule has 0 aliphatic heterocycles. The highest BCUT2D eigenvalue weighted by Gasteiger charge is 2.27. The molecule has 3 N–H and O–H groups in total. The Hall–Kier alpha value is -1.28. The first kappa shape index (κ1) is 64.7. The van der Waals surface area contributed by atoms with Gasteiger partial charge in [0.15, 0.2) is 0 Å². The second-order valence-corrected chi connectivity index (χ2v) is 22.1. The molecule has 3 atom stereocenters. The van der Waals surface area contributed by atoms with E-state index in [-0.39, 0.29) is 19.1 Å². The maximum atomic E-state index is 12.9. The van der Waals surface area contributed by atoms with Gasteiger partial charge in [0.25, 0.3) is 0 Å². The van der Waals surface area contributed by atoms with Crippen LogP contribution in [0.4, 0.5) is 0 Å². The van der Waals surface area contributed by atoms with Gasteiger partial charge in [-0.2, -0.15) is 0 Å². The summed E-state index contributed by atoms with van der Waals surface area (Å²) in [6.45, 7) is 4.81. The molecule has 390 valence electrons. The Morgan fingerprint density at radius 1 is 0.515 bits per heavy atom. The van der Waals surface area contributed by atoms with Crippen molar-refractivity contribution >= 4 is 13.7 Å². The number of nitrogens with one attached hydrogen (secondary N) is 1. The first-order valence-electron chi connectivity index (χ1n) is 28.4. The van der Waals surface area contributed by atoms with Crippen LogP contribution in [-0.4, -0.2) is 73.4 Å². The number of likely N-dealkylation sites (N-methyl/N-ethyl adjacent to an activating group) is 1. The molecule has 0 saturated heterocycles. The number of phosphoric ester groups is 1. The van der Waals surface area contributed by atoms with Crippen LogP contribution in [0.2, 0.25) is 0 Å². The number of hydrogen-bond donors (Lipinski definition) is 3. The van der Waals surface area contributed by atoms with Crippen LogP contribution in [-0.2, 0) is 18.4 Å². The molecule has 0 heterocycles. The average molecular weight is 953 g/mol. The Morgan fingerprint density at radius 2 is 0.864 bits per heavy atom. The molecule has 0 aliphatic carbocycles. The molecular formula is C57H112N2O6P+. The first-order valence-corrected chi connectivity index (χ1v) is 29.9. The first-order chi connectivity index (χ1) is 32.0. The molecule has 0 aromatic carbocycles. The van der Waals surface area contributed by atoms with Crippen LogP contribution in [0.1, 0.15) is 271 Å². The molecule has 0 aromatic heterocycles. The van der Waals surface area contributed by atoms with Crippen molar-refractivity contribution in [3.63, 3.8) is 0 Å². The summed E-state index contributed by atoms with van der Waals surface area (Å²) in [6, 6.07) is -0.854. The van der Waals surface area contributed by atoms with Crippen molar-refractivity contribution in [1.82, 2.24) is 5.32 Å². The van der Waals surface area contributed by atoms with Gasteiger partial charge in [0.2, 0.25) is 5.91 Å². The molecule has 0 radical (unpaired) electrons. The number of phosphoric acid groups is 1. The van der Waals surface area contributed by atoms with Crippen LogP contribution in [0, 0.1) is 0 Å². The van der Waals surface area contributed by atoms with Gasteiger partial charge in [-0.25, -0.2) is 4.57 Å². The van der Waals surface area contributed by atoms with E-state index in [0.29, 0.717) is 17.4 Å². The van der Waals surface area contributed by atoms with E-state index >= 15 is 0 Å². The fourth-order valence-electron chi connectivity index (χ4n) is 8.37. The lowest BCUT2D eigenvalue weighted by molar-refractivity contribution is -0.870. The Balaban J connectivity index is 4.17. The van der Waals surface area contributed by atoms with Gasteiger partial charge in [-0.05, 0) is 51.4 Å². The number of rotatable bonds is 52. The number of carbonyl (C=O) groups excluding carboxylic acids is 1. The van der Waals surface area contributed by atoms with Gasteiger partial charge in [-0.3, -0.25) is 13.8 Å². The van der Waals surface area contributed by atoms with Crippen molar-refractivity contribution in [2.45, 2.75) is 283 Å². The van der Waals surface area contributed by atoms with Crippen LogP contribution in [0.3, 0.4) is 0 Å². The maximum Gasteiger partial charge on any atom is 0.472 e. The Bertz CT molecular complexity index is 1170. The maximum absolute atomic E-state index is 12.9. The number of quaternary nitrogens is 1. The topological polar surface area (TPSA) is 105 Å². The third-order valence-corrected chi connectivity index (χ3v) is 13.8. The molecule has 3 unspecified atom stereocenters. The second kappa shape index (κ2) is 48.7. The highest BCUT2D eigenvalue weighted by Crippen LogP contribution is 2.43. The van der Waals surface area contributed by atoms with Gasteiger partial charge in [-0.1, -0.05) is 249 Å². The molecule has 9 heteroatoms. The number of allylic oxidation sites excluding steroid dienone is 5. The molecule has 0 aromatic rings. The number of amides is 1. The summed E-state index contributed by atoms with van der Waals surface area (Å²) in [5.74, 6) is -0.188. The Kier molecular flexibility index (Phi) is 47.8. The van der Waals surface area contributed by atoms with Gasteiger partial charge >= 0.3 is 7.82 Å². The molecule has 1 amide bonds. The van der Waals surface area contributed by atoms with E-state index < -0.39 is 20.0 Å². The fraction of sp³-hybridized carbons (Fsp3) is 0.877. The lowest BCUT2D eigenvalue weighted by Crippen LogP contribution is -2.45. The van der Waals surface area contributed by atoms with Crippen molar-refractivity contribution in [3.05, 3.63) is 36.5 Å². The number of hydrogen-bond acceptors (Lipinski definition) is 5. The summed E-state index contributed by atoms with van der Waals surface area (Å²) in [6.07, 6.45) is 62.5. The van der Waals surface area contributed by atoms with Crippen LogP contribution < -0.4 is 5.32 Å². The lowest BCUT2D eigenvalue weighted by atomic mass is 10.0. The van der Waals surface area contributed by atoms with Gasteiger partial charge in [-0.15, -0.1) is 0 Å². The molecule has 0 fully saturated rings. The van der Waals surface area contributed by atoms with Crippen molar-refractivity contribution in [2.24, 2.45) is 0 Å². The van der Waals surface area contributed by atoms with E-state index in [1.165, 1.54) is 186 Å². The summed E-state index contributed by atoms with van der Waals surface area (Å²) in [5, 5.41) is 13.9. The van der Waals surface area contributed by atoms with E-state index in [1.54, 1.807) is 6.08 Å². The molecule has 8 nitrogen and oxygen atoms in total. The minimum absolute atomic E-state index is 0.0588. The fourth-order valence-corrected chi connectivity index (χ4v) is 9.10. The van der Waals surface area contributed by atoms with Crippen LogP contribution in [0.25, 0.3) is 0 Å². The molecule has 0 spiro atoms. The monoisotopic (exact) mass is 952 g/mol. The van der Waals surface area contributed by atoms with E-state index in [9.17, 15) is 19.4 Å². The predicted molar refractivity (Wildman–Crippen MR) is 286 cm³/mol. The smallest absolute Gasteiger partial charge is 0.387 e. The van der Waals surface area contributed by atoms with Crippen molar-refractivity contribution in [3.8, 4) is 0 Å².